The minimum absolute atomic E-state index is 0.175. The quantitative estimate of drug-likeness (QED) is 0.804. The van der Waals surface area contributed by atoms with Crippen LogP contribution in [-0.2, 0) is 6.54 Å². The van der Waals surface area contributed by atoms with Crippen molar-refractivity contribution < 1.29 is 4.79 Å². The van der Waals surface area contributed by atoms with Gasteiger partial charge in [-0.05, 0) is 24.6 Å². The first-order valence-corrected chi connectivity index (χ1v) is 6.86. The number of aromatic nitrogens is 1. The molecule has 1 aromatic carbocycles. The number of benzene rings is 1. The van der Waals surface area contributed by atoms with E-state index in [2.05, 4.69) is 4.98 Å². The summed E-state index contributed by atoms with van der Waals surface area (Å²) in [6.45, 7) is 2.51. The Bertz CT molecular complexity index is 644. The van der Waals surface area contributed by atoms with Crippen LogP contribution < -0.4 is 0 Å². The Labute approximate surface area is 128 Å². The summed E-state index contributed by atoms with van der Waals surface area (Å²) in [5.74, 6) is -0.251. The van der Waals surface area contributed by atoms with Gasteiger partial charge >= 0.3 is 0 Å². The van der Waals surface area contributed by atoms with Crippen molar-refractivity contribution in [2.24, 2.45) is 0 Å². The molecule has 2 rings (SSSR count). The molecule has 104 valence electrons. The largest absolute Gasteiger partial charge is 0.336 e. The van der Waals surface area contributed by atoms with E-state index in [-0.39, 0.29) is 16.8 Å². The van der Waals surface area contributed by atoms with E-state index < -0.39 is 0 Å². The highest BCUT2D eigenvalue weighted by Crippen LogP contribution is 2.19. The van der Waals surface area contributed by atoms with Gasteiger partial charge in [-0.1, -0.05) is 53.0 Å². The Balaban J connectivity index is 2.18. The van der Waals surface area contributed by atoms with Gasteiger partial charge in [0, 0.05) is 13.6 Å². The van der Waals surface area contributed by atoms with Crippen molar-refractivity contribution in [2.75, 3.05) is 7.05 Å². The minimum Gasteiger partial charge on any atom is -0.336 e. The third-order valence-electron chi connectivity index (χ3n) is 2.86. The Morgan fingerprint density at radius 3 is 2.70 bits per heavy atom. The van der Waals surface area contributed by atoms with Crippen LogP contribution in [0.15, 0.2) is 36.4 Å². The lowest BCUT2D eigenvalue weighted by atomic mass is 10.1. The monoisotopic (exact) mass is 308 g/mol. The molecule has 0 atom stereocenters. The molecule has 0 fully saturated rings. The summed E-state index contributed by atoms with van der Waals surface area (Å²) in [5, 5.41) is 0.553. The molecule has 20 heavy (non-hydrogen) atoms. The normalized spacial score (nSPS) is 10.4. The van der Waals surface area contributed by atoms with Gasteiger partial charge in [0.2, 0.25) is 0 Å². The van der Waals surface area contributed by atoms with E-state index >= 15 is 0 Å². The molecule has 1 aromatic heterocycles. The Morgan fingerprint density at radius 1 is 1.25 bits per heavy atom. The molecule has 2 aromatic rings. The van der Waals surface area contributed by atoms with Gasteiger partial charge in [0.1, 0.15) is 10.8 Å². The molecule has 3 nitrogen and oxygen atoms in total. The second kappa shape index (κ2) is 6.25. The lowest BCUT2D eigenvalue weighted by Gasteiger charge is -2.17. The van der Waals surface area contributed by atoms with Crippen molar-refractivity contribution in [1.82, 2.24) is 9.88 Å². The van der Waals surface area contributed by atoms with Gasteiger partial charge < -0.3 is 4.90 Å². The maximum atomic E-state index is 12.3. The predicted octanol–water partition coefficient (Wildman–Crippen LogP) is 3.97. The first-order chi connectivity index (χ1) is 9.47. The molecule has 0 aliphatic rings. The van der Waals surface area contributed by atoms with Crippen molar-refractivity contribution >= 4 is 29.1 Å². The standard InChI is InChI=1S/C15H14Cl2N2O/c1-10-4-3-5-11(8-10)9-19(2)15(20)14-12(16)6-7-13(17)18-14/h3-8H,9H2,1-2H3. The summed E-state index contributed by atoms with van der Waals surface area (Å²) >= 11 is 11.8. The van der Waals surface area contributed by atoms with Crippen molar-refractivity contribution in [3.8, 4) is 0 Å². The number of carbonyl (C=O) groups excluding carboxylic acids is 1. The van der Waals surface area contributed by atoms with Crippen LogP contribution >= 0.6 is 23.2 Å². The van der Waals surface area contributed by atoms with E-state index in [1.54, 1.807) is 24.1 Å². The summed E-state index contributed by atoms with van der Waals surface area (Å²) in [4.78, 5) is 17.9. The maximum Gasteiger partial charge on any atom is 0.274 e. The lowest BCUT2D eigenvalue weighted by molar-refractivity contribution is 0.0779. The number of carbonyl (C=O) groups is 1. The first kappa shape index (κ1) is 14.8. The van der Waals surface area contributed by atoms with Gasteiger partial charge in [-0.3, -0.25) is 4.79 Å². The zero-order valence-corrected chi connectivity index (χ0v) is 12.7. The van der Waals surface area contributed by atoms with Gasteiger partial charge in [-0.2, -0.15) is 0 Å². The van der Waals surface area contributed by atoms with E-state index in [0.29, 0.717) is 11.6 Å². The van der Waals surface area contributed by atoms with E-state index in [1.807, 2.05) is 31.2 Å². The molecule has 0 spiro atoms. The molecule has 0 saturated carbocycles. The molecular formula is C15H14Cl2N2O. The van der Waals surface area contributed by atoms with Crippen LogP contribution in [0.3, 0.4) is 0 Å². The number of hydrogen-bond donors (Lipinski definition) is 0. The van der Waals surface area contributed by atoms with Crippen LogP contribution in [0.5, 0.6) is 0 Å². The van der Waals surface area contributed by atoms with Gasteiger partial charge in [-0.25, -0.2) is 4.98 Å². The van der Waals surface area contributed by atoms with Crippen LogP contribution in [0.1, 0.15) is 21.6 Å². The third kappa shape index (κ3) is 3.50. The van der Waals surface area contributed by atoms with E-state index in [9.17, 15) is 4.79 Å². The average Bonchev–Trinajstić information content (AvgIpc) is 2.40. The average molecular weight is 309 g/mol. The molecule has 0 bridgehead atoms. The molecule has 1 amide bonds. The topological polar surface area (TPSA) is 33.2 Å². The van der Waals surface area contributed by atoms with E-state index in [1.165, 1.54) is 0 Å². The molecule has 1 heterocycles. The molecule has 0 aliphatic heterocycles. The fraction of sp³-hybridized carbons (Fsp3) is 0.200. The number of amides is 1. The lowest BCUT2D eigenvalue weighted by Crippen LogP contribution is -2.27. The molecule has 0 radical (unpaired) electrons. The molecule has 0 saturated heterocycles. The fourth-order valence-corrected chi connectivity index (χ4v) is 2.24. The van der Waals surface area contributed by atoms with Gasteiger partial charge in [0.25, 0.3) is 5.91 Å². The maximum absolute atomic E-state index is 12.3. The first-order valence-electron chi connectivity index (χ1n) is 6.10. The van der Waals surface area contributed by atoms with Crippen LogP contribution in [0, 0.1) is 6.92 Å². The van der Waals surface area contributed by atoms with Crippen molar-refractivity contribution in [2.45, 2.75) is 13.5 Å². The van der Waals surface area contributed by atoms with Crippen LogP contribution in [0.25, 0.3) is 0 Å². The van der Waals surface area contributed by atoms with Crippen LogP contribution in [0.2, 0.25) is 10.2 Å². The smallest absolute Gasteiger partial charge is 0.274 e. The molecule has 0 unspecified atom stereocenters. The highest BCUT2D eigenvalue weighted by molar-refractivity contribution is 6.34. The highest BCUT2D eigenvalue weighted by atomic mass is 35.5. The summed E-state index contributed by atoms with van der Waals surface area (Å²) in [7, 11) is 1.71. The Hall–Kier alpha value is -1.58. The number of halogens is 2. The molecule has 0 aliphatic carbocycles. The van der Waals surface area contributed by atoms with Crippen molar-refractivity contribution in [3.63, 3.8) is 0 Å². The molecule has 5 heteroatoms. The highest BCUT2D eigenvalue weighted by Gasteiger charge is 2.17. The fourth-order valence-electron chi connectivity index (χ4n) is 1.91. The van der Waals surface area contributed by atoms with E-state index in [4.69, 9.17) is 23.2 Å². The van der Waals surface area contributed by atoms with Crippen molar-refractivity contribution in [3.05, 3.63) is 63.4 Å². The number of rotatable bonds is 3. The molecular weight excluding hydrogens is 295 g/mol. The number of nitrogens with zero attached hydrogens (tertiary/aromatic N) is 2. The SMILES string of the molecule is Cc1cccc(CN(C)C(=O)c2nc(Cl)ccc2Cl)c1. The zero-order valence-electron chi connectivity index (χ0n) is 11.2. The summed E-state index contributed by atoms with van der Waals surface area (Å²) in [6.07, 6.45) is 0. The zero-order chi connectivity index (χ0) is 14.7. The van der Waals surface area contributed by atoms with E-state index in [0.717, 1.165) is 11.1 Å². The summed E-state index contributed by atoms with van der Waals surface area (Å²) in [6, 6.07) is 11.1. The van der Waals surface area contributed by atoms with Gasteiger partial charge in [0.05, 0.1) is 5.02 Å². The number of hydrogen-bond acceptors (Lipinski definition) is 2. The second-order valence-electron chi connectivity index (χ2n) is 4.61. The number of pyridine rings is 1. The Kier molecular flexibility index (Phi) is 4.63. The second-order valence-corrected chi connectivity index (χ2v) is 5.41. The van der Waals surface area contributed by atoms with Gasteiger partial charge in [-0.15, -0.1) is 0 Å². The number of aryl methyl sites for hydroxylation is 1. The summed E-state index contributed by atoms with van der Waals surface area (Å²) < 4.78 is 0. The summed E-state index contributed by atoms with van der Waals surface area (Å²) in [5.41, 5.74) is 2.38. The third-order valence-corrected chi connectivity index (χ3v) is 3.38. The van der Waals surface area contributed by atoms with Crippen LogP contribution in [-0.4, -0.2) is 22.8 Å². The molecule has 0 N–H and O–H groups in total. The van der Waals surface area contributed by atoms with Crippen molar-refractivity contribution in [1.29, 1.82) is 0 Å². The predicted molar refractivity (Wildman–Crippen MR) is 81.2 cm³/mol. The van der Waals surface area contributed by atoms with Gasteiger partial charge in [0.15, 0.2) is 0 Å². The van der Waals surface area contributed by atoms with Crippen LogP contribution in [0.4, 0.5) is 0 Å². The minimum atomic E-state index is -0.251. The Morgan fingerprint density at radius 2 is 2.00 bits per heavy atom.